The lowest BCUT2D eigenvalue weighted by atomic mass is 10.2. The van der Waals surface area contributed by atoms with Crippen molar-refractivity contribution in [2.24, 2.45) is 0 Å². The van der Waals surface area contributed by atoms with Gasteiger partial charge in [0.25, 0.3) is 0 Å². The fraction of sp³-hybridized carbons (Fsp3) is 0.438. The monoisotopic (exact) mass is 232 g/mol. The highest BCUT2D eigenvalue weighted by Gasteiger charge is 1.82. The Bertz CT molecular complexity index is 269. The van der Waals surface area contributed by atoms with Crippen molar-refractivity contribution in [1.82, 2.24) is 0 Å². The average Bonchev–Trinajstić information content (AvgIpc) is 2.35. The molecule has 0 bridgehead atoms. The maximum Gasteiger partial charge on any atom is 0.119 e. The quantitative estimate of drug-likeness (QED) is 0.301. The number of carbonyl (C=O) groups excluding carboxylic acids is 1. The molecule has 0 aromatic carbocycles. The fourth-order valence-electron chi connectivity index (χ4n) is 1.27. The Morgan fingerprint density at radius 1 is 0.765 bits per heavy atom. The van der Waals surface area contributed by atoms with Crippen LogP contribution in [0.4, 0.5) is 0 Å². The molecule has 0 spiro atoms. The number of hydrogen-bond acceptors (Lipinski definition) is 1. The van der Waals surface area contributed by atoms with E-state index >= 15 is 0 Å². The van der Waals surface area contributed by atoms with Crippen LogP contribution in [0.2, 0.25) is 0 Å². The van der Waals surface area contributed by atoms with E-state index in [-0.39, 0.29) is 0 Å². The summed E-state index contributed by atoms with van der Waals surface area (Å²) in [7, 11) is 0. The molecule has 0 aromatic rings. The Morgan fingerprint density at radius 3 is 2.00 bits per heavy atom. The summed E-state index contributed by atoms with van der Waals surface area (Å²) in [6.45, 7) is 2.13. The van der Waals surface area contributed by atoms with E-state index in [1.165, 1.54) is 0 Å². The first-order valence-electron chi connectivity index (χ1n) is 6.48. The second kappa shape index (κ2) is 14.6. The molecule has 0 saturated heterocycles. The van der Waals surface area contributed by atoms with Crippen LogP contribution in [0.5, 0.6) is 0 Å². The molecule has 1 heteroatoms. The van der Waals surface area contributed by atoms with Crippen LogP contribution in [0.1, 0.15) is 45.4 Å². The molecule has 0 atom stereocenters. The summed E-state index contributed by atoms with van der Waals surface area (Å²) in [4.78, 5) is 10.1. The van der Waals surface area contributed by atoms with E-state index in [9.17, 15) is 4.79 Å². The maximum absolute atomic E-state index is 10.1. The average molecular weight is 232 g/mol. The first-order valence-corrected chi connectivity index (χ1v) is 6.48. The minimum absolute atomic E-state index is 0.694. The summed E-state index contributed by atoms with van der Waals surface area (Å²) < 4.78 is 0. The highest BCUT2D eigenvalue weighted by molar-refractivity contribution is 5.48. The molecule has 0 aromatic heterocycles. The first kappa shape index (κ1) is 15.6. The van der Waals surface area contributed by atoms with E-state index in [4.69, 9.17) is 0 Å². The smallest absolute Gasteiger partial charge is 0.119 e. The molecule has 0 N–H and O–H groups in total. The van der Waals surface area contributed by atoms with E-state index < -0.39 is 0 Å². The lowest BCUT2D eigenvalue weighted by molar-refractivity contribution is -0.107. The lowest BCUT2D eigenvalue weighted by Gasteiger charge is -1.89. The topological polar surface area (TPSA) is 17.1 Å². The second-order valence-electron chi connectivity index (χ2n) is 3.81. The number of carbonyl (C=O) groups is 1. The van der Waals surface area contributed by atoms with Crippen molar-refractivity contribution in [1.29, 1.82) is 0 Å². The van der Waals surface area contributed by atoms with E-state index in [0.29, 0.717) is 6.42 Å². The molecule has 0 fully saturated rings. The number of unbranched alkanes of at least 4 members (excludes halogenated alkanes) is 3. The predicted molar refractivity (Wildman–Crippen MR) is 76.0 cm³/mol. The molecule has 0 saturated carbocycles. The van der Waals surface area contributed by atoms with Gasteiger partial charge in [0.15, 0.2) is 0 Å². The van der Waals surface area contributed by atoms with E-state index in [1.807, 2.05) is 0 Å². The molecule has 0 rings (SSSR count). The van der Waals surface area contributed by atoms with Crippen molar-refractivity contribution < 1.29 is 4.79 Å². The van der Waals surface area contributed by atoms with Crippen molar-refractivity contribution in [3.8, 4) is 0 Å². The molecule has 0 amide bonds. The predicted octanol–water partition coefficient (Wildman–Crippen LogP) is 4.77. The summed E-state index contributed by atoms with van der Waals surface area (Å²) in [6.07, 6.45) is 23.8. The molecular formula is C16H24O. The van der Waals surface area contributed by atoms with Gasteiger partial charge in [-0.15, -0.1) is 0 Å². The van der Waals surface area contributed by atoms with Crippen LogP contribution in [0, 0.1) is 0 Å². The van der Waals surface area contributed by atoms with Gasteiger partial charge < -0.3 is 4.79 Å². The highest BCUT2D eigenvalue weighted by Crippen LogP contribution is 1.99. The molecule has 0 heterocycles. The molecular weight excluding hydrogens is 208 g/mol. The number of rotatable bonds is 10. The standard InChI is InChI=1S/C16H24O/c1-2-3-4-5-6-7-8-9-10-11-12-13-14-15-16-17/h3-6,8-11,16H,2,7,12-15H2,1H3/b4-3+,6-5+,9-8+,11-10+. The zero-order chi connectivity index (χ0) is 12.6. The van der Waals surface area contributed by atoms with Crippen LogP contribution < -0.4 is 0 Å². The van der Waals surface area contributed by atoms with E-state index in [1.54, 1.807) is 0 Å². The van der Waals surface area contributed by atoms with E-state index in [2.05, 4.69) is 55.5 Å². The Labute approximate surface area is 106 Å². The largest absolute Gasteiger partial charge is 0.303 e. The third-order valence-corrected chi connectivity index (χ3v) is 2.22. The fourth-order valence-corrected chi connectivity index (χ4v) is 1.27. The second-order valence-corrected chi connectivity index (χ2v) is 3.81. The van der Waals surface area contributed by atoms with Gasteiger partial charge in [-0.3, -0.25) is 0 Å². The molecule has 0 aliphatic carbocycles. The molecule has 0 aliphatic heterocycles. The minimum atomic E-state index is 0.694. The van der Waals surface area contributed by atoms with Crippen molar-refractivity contribution in [2.75, 3.05) is 0 Å². The summed E-state index contributed by atoms with van der Waals surface area (Å²) in [5, 5.41) is 0. The summed E-state index contributed by atoms with van der Waals surface area (Å²) in [5.74, 6) is 0. The number of aldehydes is 1. The number of hydrogen-bond donors (Lipinski definition) is 0. The van der Waals surface area contributed by atoms with E-state index in [0.717, 1.165) is 38.4 Å². The molecule has 0 aliphatic rings. The van der Waals surface area contributed by atoms with Gasteiger partial charge in [0.2, 0.25) is 0 Å². The van der Waals surface area contributed by atoms with Crippen LogP contribution in [0.15, 0.2) is 48.6 Å². The van der Waals surface area contributed by atoms with Crippen molar-refractivity contribution >= 4 is 6.29 Å². The first-order chi connectivity index (χ1) is 8.41. The van der Waals surface area contributed by atoms with Gasteiger partial charge in [-0.05, 0) is 32.1 Å². The van der Waals surface area contributed by atoms with Gasteiger partial charge in [0, 0.05) is 6.42 Å². The van der Waals surface area contributed by atoms with Gasteiger partial charge in [0.1, 0.15) is 6.29 Å². The van der Waals surface area contributed by atoms with Gasteiger partial charge in [-0.25, -0.2) is 0 Å². The molecule has 17 heavy (non-hydrogen) atoms. The van der Waals surface area contributed by atoms with Crippen LogP contribution >= 0.6 is 0 Å². The lowest BCUT2D eigenvalue weighted by Crippen LogP contribution is -1.75. The Kier molecular flexibility index (Phi) is 13.5. The Morgan fingerprint density at radius 2 is 1.35 bits per heavy atom. The Balaban J connectivity index is 3.40. The third-order valence-electron chi connectivity index (χ3n) is 2.22. The summed E-state index contributed by atoms with van der Waals surface area (Å²) in [6, 6.07) is 0. The van der Waals surface area contributed by atoms with Crippen LogP contribution in [0.3, 0.4) is 0 Å². The zero-order valence-electron chi connectivity index (χ0n) is 10.8. The maximum atomic E-state index is 10.1. The van der Waals surface area contributed by atoms with Gasteiger partial charge in [-0.1, -0.05) is 55.5 Å². The van der Waals surface area contributed by atoms with Gasteiger partial charge in [0.05, 0.1) is 0 Å². The SMILES string of the molecule is CC/C=C/C=C/C/C=C/C=C/CCCCC=O. The normalized spacial score (nSPS) is 12.5. The summed E-state index contributed by atoms with van der Waals surface area (Å²) in [5.41, 5.74) is 0. The molecule has 0 radical (unpaired) electrons. The van der Waals surface area contributed by atoms with Gasteiger partial charge in [-0.2, -0.15) is 0 Å². The van der Waals surface area contributed by atoms with Crippen molar-refractivity contribution in [3.05, 3.63) is 48.6 Å². The van der Waals surface area contributed by atoms with Crippen molar-refractivity contribution in [3.63, 3.8) is 0 Å². The molecule has 1 nitrogen and oxygen atoms in total. The third kappa shape index (κ3) is 14.6. The number of allylic oxidation sites excluding steroid dienone is 8. The zero-order valence-corrected chi connectivity index (χ0v) is 10.8. The summed E-state index contributed by atoms with van der Waals surface area (Å²) >= 11 is 0. The Hall–Kier alpha value is -1.37. The minimum Gasteiger partial charge on any atom is -0.303 e. The highest BCUT2D eigenvalue weighted by atomic mass is 16.1. The molecule has 94 valence electrons. The van der Waals surface area contributed by atoms with Crippen LogP contribution in [-0.4, -0.2) is 6.29 Å². The van der Waals surface area contributed by atoms with Crippen LogP contribution in [0.25, 0.3) is 0 Å². The molecule has 0 unspecified atom stereocenters. The van der Waals surface area contributed by atoms with Crippen LogP contribution in [-0.2, 0) is 4.79 Å². The van der Waals surface area contributed by atoms with Crippen molar-refractivity contribution in [2.45, 2.75) is 45.4 Å². The van der Waals surface area contributed by atoms with Gasteiger partial charge >= 0.3 is 0 Å².